The second kappa shape index (κ2) is 17.7. The number of fused-ring (bicyclic) bond motifs is 1. The van der Waals surface area contributed by atoms with E-state index in [0.29, 0.717) is 22.7 Å². The van der Waals surface area contributed by atoms with Crippen LogP contribution in [0.1, 0.15) is 50.5 Å². The Morgan fingerprint density at radius 3 is 2.20 bits per heavy atom. The number of nitrogens with zero attached hydrogens (tertiary/aromatic N) is 1. The summed E-state index contributed by atoms with van der Waals surface area (Å²) in [6.07, 6.45) is -1.17. The third-order valence-electron chi connectivity index (χ3n) is 8.05. The van der Waals surface area contributed by atoms with Crippen LogP contribution in [0.2, 0.25) is 0 Å². The van der Waals surface area contributed by atoms with Crippen LogP contribution in [0.4, 0.5) is 5.69 Å². The highest BCUT2D eigenvalue weighted by atomic mass is 35.5. The fourth-order valence-electron chi connectivity index (χ4n) is 5.40. The quantitative estimate of drug-likeness (QED) is 0.146. The summed E-state index contributed by atoms with van der Waals surface area (Å²) in [6.45, 7) is 8.43. The van der Waals surface area contributed by atoms with Crippen molar-refractivity contribution in [2.45, 2.75) is 64.1 Å². The van der Waals surface area contributed by atoms with Gasteiger partial charge in [0.1, 0.15) is 6.04 Å². The van der Waals surface area contributed by atoms with Crippen LogP contribution in [-0.2, 0) is 26.0 Å². The highest BCUT2D eigenvalue weighted by molar-refractivity contribution is 7.89. The molecule has 1 aliphatic heterocycles. The van der Waals surface area contributed by atoms with Gasteiger partial charge in [-0.25, -0.2) is 8.42 Å². The van der Waals surface area contributed by atoms with Crippen molar-refractivity contribution < 1.29 is 37.4 Å². The van der Waals surface area contributed by atoms with Crippen molar-refractivity contribution in [3.05, 3.63) is 83.9 Å². The number of aliphatic hydroxyl groups excluding tert-OH is 1. The third kappa shape index (κ3) is 11.3. The second-order valence-electron chi connectivity index (χ2n) is 13.8. The highest BCUT2D eigenvalue weighted by Crippen LogP contribution is 2.35. The Bertz CT molecular complexity index is 1750. The molecule has 0 spiro atoms. The van der Waals surface area contributed by atoms with E-state index in [1.54, 1.807) is 32.9 Å². The van der Waals surface area contributed by atoms with E-state index in [0.717, 1.165) is 5.56 Å². The van der Waals surface area contributed by atoms with Gasteiger partial charge < -0.3 is 36.3 Å². The number of hydrogen-bond acceptors (Lipinski definition) is 9. The van der Waals surface area contributed by atoms with Gasteiger partial charge in [0.15, 0.2) is 11.5 Å². The second-order valence-corrected chi connectivity index (χ2v) is 15.7. The lowest BCUT2D eigenvalue weighted by Gasteiger charge is -2.34. The molecule has 278 valence electrons. The van der Waals surface area contributed by atoms with Gasteiger partial charge in [0.25, 0.3) is 5.91 Å². The predicted molar refractivity (Wildman–Crippen MR) is 196 cm³/mol. The number of carbonyl (C=O) groups excluding carboxylic acids is 3. The van der Waals surface area contributed by atoms with Crippen LogP contribution < -0.4 is 31.2 Å². The summed E-state index contributed by atoms with van der Waals surface area (Å²) in [5.74, 6) is -0.995. The van der Waals surface area contributed by atoms with Crippen molar-refractivity contribution in [2.75, 3.05) is 32.2 Å². The number of ether oxygens (including phenoxy) is 2. The van der Waals surface area contributed by atoms with Crippen molar-refractivity contribution in [3.63, 3.8) is 0 Å². The number of benzene rings is 3. The first-order chi connectivity index (χ1) is 23.5. The number of amides is 3. The monoisotopic (exact) mass is 745 g/mol. The number of halogens is 1. The summed E-state index contributed by atoms with van der Waals surface area (Å²) in [6, 6.07) is 17.7. The number of nitrogens with two attached hydrogens (primary N) is 1. The maximum absolute atomic E-state index is 13.9. The zero-order valence-corrected chi connectivity index (χ0v) is 31.1. The van der Waals surface area contributed by atoms with Gasteiger partial charge in [-0.2, -0.15) is 4.31 Å². The third-order valence-corrected chi connectivity index (χ3v) is 9.88. The number of aliphatic hydroxyl groups is 1. The molecule has 1 aliphatic rings. The molecule has 0 aliphatic carbocycles. The molecule has 15 heteroatoms. The van der Waals surface area contributed by atoms with Crippen molar-refractivity contribution in [1.82, 2.24) is 20.3 Å². The Morgan fingerprint density at radius 2 is 1.57 bits per heavy atom. The Balaban J connectivity index is 0.00000702. The first-order valence-corrected chi connectivity index (χ1v) is 17.8. The van der Waals surface area contributed by atoms with Crippen molar-refractivity contribution in [3.8, 4) is 11.5 Å². The Morgan fingerprint density at radius 1 is 0.922 bits per heavy atom. The van der Waals surface area contributed by atoms with Crippen molar-refractivity contribution in [2.24, 2.45) is 11.3 Å². The topological polar surface area (TPSA) is 189 Å². The molecule has 0 saturated carbocycles. The molecule has 0 radical (unpaired) electrons. The van der Waals surface area contributed by atoms with Gasteiger partial charge in [-0.3, -0.25) is 14.4 Å². The molecule has 3 aromatic carbocycles. The van der Waals surface area contributed by atoms with E-state index in [4.69, 9.17) is 15.2 Å². The van der Waals surface area contributed by atoms with Crippen LogP contribution >= 0.6 is 12.4 Å². The van der Waals surface area contributed by atoms with Gasteiger partial charge in [0.05, 0.1) is 23.6 Å². The molecule has 1 heterocycles. The number of carbonyl (C=O) groups is 3. The number of rotatable bonds is 15. The van der Waals surface area contributed by atoms with Gasteiger partial charge in [-0.05, 0) is 59.7 Å². The molecule has 3 atom stereocenters. The minimum absolute atomic E-state index is 0. The minimum Gasteiger partial charge on any atom is -0.454 e. The largest absolute Gasteiger partial charge is 0.454 e. The van der Waals surface area contributed by atoms with E-state index >= 15 is 0 Å². The maximum Gasteiger partial charge on any atom is 0.251 e. The molecule has 3 amide bonds. The molecule has 3 aromatic rings. The molecule has 6 N–H and O–H groups in total. The lowest BCUT2D eigenvalue weighted by molar-refractivity contribution is -0.132. The molecule has 0 saturated heterocycles. The van der Waals surface area contributed by atoms with Crippen LogP contribution in [0.15, 0.2) is 77.7 Å². The smallest absolute Gasteiger partial charge is 0.251 e. The van der Waals surface area contributed by atoms with E-state index in [1.807, 2.05) is 44.2 Å². The molecule has 0 fully saturated rings. The van der Waals surface area contributed by atoms with E-state index in [9.17, 15) is 27.9 Å². The zero-order chi connectivity index (χ0) is 36.6. The Labute approximate surface area is 305 Å². The Kier molecular flexibility index (Phi) is 14.3. The van der Waals surface area contributed by atoms with Crippen molar-refractivity contribution in [1.29, 1.82) is 0 Å². The van der Waals surface area contributed by atoms with Gasteiger partial charge in [0.2, 0.25) is 28.6 Å². The van der Waals surface area contributed by atoms with E-state index < -0.39 is 51.3 Å². The SMILES string of the molecule is CC(C)CN(C[C@@H](O)[C@H](Cc1ccccc1)NC(=O)[C@@H](NC(=O)CNC(=O)c1ccc(N)cc1)C(C)(C)C)S(=O)(=O)c1ccc2c(c1)OCO2.Cl. The predicted octanol–water partition coefficient (Wildman–Crippen LogP) is 3.12. The van der Waals surface area contributed by atoms with Crippen molar-refractivity contribution >= 4 is 45.8 Å². The molecule has 0 bridgehead atoms. The number of nitrogen functional groups attached to an aromatic ring is 1. The van der Waals surface area contributed by atoms with E-state index in [2.05, 4.69) is 16.0 Å². The normalized spacial score (nSPS) is 14.3. The molecule has 13 nitrogen and oxygen atoms in total. The van der Waals surface area contributed by atoms with Crippen LogP contribution in [0.3, 0.4) is 0 Å². The van der Waals surface area contributed by atoms with Gasteiger partial charge in [0, 0.05) is 30.4 Å². The lowest BCUT2D eigenvalue weighted by Crippen LogP contribution is -2.59. The molecular weight excluding hydrogens is 698 g/mol. The Hall–Kier alpha value is -4.37. The molecular formula is C36H48ClN5O8S. The van der Waals surface area contributed by atoms with Gasteiger partial charge in [-0.15, -0.1) is 12.4 Å². The number of anilines is 1. The standard InChI is InChI=1S/C36H47N5O8S.ClH/c1-23(2)20-41(50(46,47)27-15-16-30-31(18-27)49-22-48-30)21-29(42)28(17-24-9-7-6-8-10-24)39-35(45)33(36(3,4)5)40-32(43)19-38-34(44)25-11-13-26(37)14-12-25;/h6-16,18,23,28-29,33,42H,17,19-22,37H2,1-5H3,(H,38,44)(H,39,45)(H,40,43);1H/t28-,29+,33+;/m0./s1. The van der Waals surface area contributed by atoms with Crippen LogP contribution in [0.5, 0.6) is 11.5 Å². The first kappa shape index (κ1) is 41.1. The highest BCUT2D eigenvalue weighted by Gasteiger charge is 2.37. The average Bonchev–Trinajstić information content (AvgIpc) is 3.54. The summed E-state index contributed by atoms with van der Waals surface area (Å²) in [4.78, 5) is 39.4. The molecule has 0 unspecified atom stereocenters. The zero-order valence-electron chi connectivity index (χ0n) is 29.4. The van der Waals surface area contributed by atoms with Gasteiger partial charge >= 0.3 is 0 Å². The maximum atomic E-state index is 13.9. The molecule has 4 rings (SSSR count). The summed E-state index contributed by atoms with van der Waals surface area (Å²) in [7, 11) is -4.11. The number of hydrogen-bond donors (Lipinski definition) is 5. The summed E-state index contributed by atoms with van der Waals surface area (Å²) < 4.78 is 39.8. The van der Waals surface area contributed by atoms with E-state index in [-0.39, 0.29) is 56.1 Å². The fourth-order valence-corrected chi connectivity index (χ4v) is 7.04. The minimum atomic E-state index is -4.11. The first-order valence-electron chi connectivity index (χ1n) is 16.4. The summed E-state index contributed by atoms with van der Waals surface area (Å²) >= 11 is 0. The van der Waals surface area contributed by atoms with Gasteiger partial charge in [-0.1, -0.05) is 65.0 Å². The van der Waals surface area contributed by atoms with Crippen LogP contribution in [0.25, 0.3) is 0 Å². The summed E-state index contributed by atoms with van der Waals surface area (Å²) in [5, 5.41) is 19.9. The average molecular weight is 746 g/mol. The molecule has 0 aromatic heterocycles. The van der Waals surface area contributed by atoms with E-state index in [1.165, 1.54) is 34.6 Å². The fraction of sp³-hybridized carbons (Fsp3) is 0.417. The number of nitrogens with one attached hydrogen (secondary N) is 3. The summed E-state index contributed by atoms with van der Waals surface area (Å²) in [5.41, 5.74) is 6.52. The van der Waals surface area contributed by atoms with Crippen LogP contribution in [-0.4, -0.2) is 80.2 Å². The number of sulfonamides is 1. The molecule has 51 heavy (non-hydrogen) atoms. The lowest BCUT2D eigenvalue weighted by atomic mass is 9.85. The van der Waals surface area contributed by atoms with Crippen LogP contribution in [0, 0.1) is 11.3 Å².